The van der Waals surface area contributed by atoms with E-state index in [0.29, 0.717) is 13.1 Å². The average Bonchev–Trinajstić information content (AvgIpc) is 2.36. The number of aliphatic hydroxyl groups excluding tert-OH is 1. The molecule has 0 fully saturated rings. The monoisotopic (exact) mass is 278 g/mol. The van der Waals surface area contributed by atoms with Gasteiger partial charge in [-0.2, -0.15) is 0 Å². The van der Waals surface area contributed by atoms with Crippen LogP contribution in [0.4, 0.5) is 10.5 Å². The Kier molecular flexibility index (Phi) is 4.18. The van der Waals surface area contributed by atoms with E-state index < -0.39 is 17.8 Å². The Morgan fingerprint density at radius 3 is 2.85 bits per heavy atom. The second-order valence-corrected chi connectivity index (χ2v) is 6.06. The number of rotatable bonds is 2. The highest BCUT2D eigenvalue weighted by molar-refractivity contribution is 5.67. The van der Waals surface area contributed by atoms with Gasteiger partial charge in [-0.25, -0.2) is 4.79 Å². The summed E-state index contributed by atoms with van der Waals surface area (Å²) in [6.07, 6.45) is -1.04. The number of alkyl carbamates (subject to hydrolysis) is 1. The summed E-state index contributed by atoms with van der Waals surface area (Å²) in [7, 11) is 0. The van der Waals surface area contributed by atoms with Gasteiger partial charge in [-0.15, -0.1) is 0 Å². The summed E-state index contributed by atoms with van der Waals surface area (Å²) < 4.78 is 5.18. The van der Waals surface area contributed by atoms with Crippen LogP contribution in [0.1, 0.15) is 32.4 Å². The third-order valence-electron chi connectivity index (χ3n) is 3.19. The largest absolute Gasteiger partial charge is 0.444 e. The summed E-state index contributed by atoms with van der Waals surface area (Å²) in [4.78, 5) is 11.6. The molecule has 5 nitrogen and oxygen atoms in total. The van der Waals surface area contributed by atoms with E-state index in [0.717, 1.165) is 11.3 Å². The fourth-order valence-corrected chi connectivity index (χ4v) is 2.23. The number of benzene rings is 1. The molecule has 0 aliphatic carbocycles. The predicted octanol–water partition coefficient (Wildman–Crippen LogP) is 2.29. The molecule has 0 saturated carbocycles. The number of hydrogen-bond donors (Lipinski definition) is 3. The first-order valence-corrected chi connectivity index (χ1v) is 6.84. The van der Waals surface area contributed by atoms with Crippen molar-refractivity contribution in [3.8, 4) is 0 Å². The lowest BCUT2D eigenvalue weighted by atomic mass is 9.91. The van der Waals surface area contributed by atoms with Crippen LogP contribution in [0.5, 0.6) is 0 Å². The topological polar surface area (TPSA) is 70.6 Å². The molecule has 3 N–H and O–H groups in total. The van der Waals surface area contributed by atoms with Gasteiger partial charge >= 0.3 is 6.09 Å². The van der Waals surface area contributed by atoms with Gasteiger partial charge in [-0.05, 0) is 26.8 Å². The molecule has 2 atom stereocenters. The Morgan fingerprint density at radius 1 is 1.45 bits per heavy atom. The maximum absolute atomic E-state index is 11.6. The number of carbonyl (C=O) groups is 1. The average molecular weight is 278 g/mol. The van der Waals surface area contributed by atoms with Gasteiger partial charge < -0.3 is 20.5 Å². The molecule has 0 spiro atoms. The highest BCUT2D eigenvalue weighted by Gasteiger charge is 2.28. The van der Waals surface area contributed by atoms with Gasteiger partial charge in [-0.1, -0.05) is 18.2 Å². The van der Waals surface area contributed by atoms with Crippen LogP contribution in [0, 0.1) is 5.92 Å². The highest BCUT2D eigenvalue weighted by Crippen LogP contribution is 2.32. The van der Waals surface area contributed by atoms with E-state index in [-0.39, 0.29) is 5.92 Å². The van der Waals surface area contributed by atoms with Gasteiger partial charge in [0, 0.05) is 30.3 Å². The summed E-state index contributed by atoms with van der Waals surface area (Å²) in [5, 5.41) is 16.3. The molecule has 1 heterocycles. The van der Waals surface area contributed by atoms with E-state index in [1.807, 2.05) is 45.0 Å². The fourth-order valence-electron chi connectivity index (χ4n) is 2.23. The number of nitrogens with one attached hydrogen (secondary N) is 2. The minimum atomic E-state index is -0.581. The maximum atomic E-state index is 11.6. The van der Waals surface area contributed by atoms with Crippen molar-refractivity contribution in [2.24, 2.45) is 5.92 Å². The van der Waals surface area contributed by atoms with Crippen LogP contribution >= 0.6 is 0 Å². The number of hydrogen-bond acceptors (Lipinski definition) is 4. The third-order valence-corrected chi connectivity index (χ3v) is 3.19. The van der Waals surface area contributed by atoms with E-state index in [1.165, 1.54) is 0 Å². The Bertz CT molecular complexity index is 482. The zero-order valence-corrected chi connectivity index (χ0v) is 12.1. The molecule has 1 aliphatic rings. The van der Waals surface area contributed by atoms with Crippen LogP contribution in [0.2, 0.25) is 0 Å². The SMILES string of the molecule is CC(C)(C)OC(=O)NC[C@@H]1CNc2ccccc2[C@H]1O. The first-order valence-electron chi connectivity index (χ1n) is 6.84. The van der Waals surface area contributed by atoms with Crippen LogP contribution in [0.3, 0.4) is 0 Å². The number of aliphatic hydroxyl groups is 1. The molecule has 1 aliphatic heterocycles. The molecular weight excluding hydrogens is 256 g/mol. The number of fused-ring (bicyclic) bond motifs is 1. The van der Waals surface area contributed by atoms with E-state index >= 15 is 0 Å². The molecule has 0 unspecified atom stereocenters. The number of anilines is 1. The van der Waals surface area contributed by atoms with Crippen molar-refractivity contribution >= 4 is 11.8 Å². The van der Waals surface area contributed by atoms with Gasteiger partial charge in [0.25, 0.3) is 0 Å². The standard InChI is InChI=1S/C15H22N2O3/c1-15(2,3)20-14(19)17-9-10-8-16-12-7-5-4-6-11(12)13(10)18/h4-7,10,13,16,18H,8-9H2,1-3H3,(H,17,19)/t10-,13-/m0/s1. The van der Waals surface area contributed by atoms with E-state index in [2.05, 4.69) is 10.6 Å². The molecule has 0 bridgehead atoms. The molecule has 2 rings (SSSR count). The molecule has 0 saturated heterocycles. The fraction of sp³-hybridized carbons (Fsp3) is 0.533. The van der Waals surface area contributed by atoms with Crippen molar-refractivity contribution < 1.29 is 14.6 Å². The van der Waals surface area contributed by atoms with Crippen LogP contribution in [0.25, 0.3) is 0 Å². The molecule has 20 heavy (non-hydrogen) atoms. The Balaban J connectivity index is 1.91. The van der Waals surface area contributed by atoms with Crippen molar-refractivity contribution in [2.45, 2.75) is 32.5 Å². The lowest BCUT2D eigenvalue weighted by molar-refractivity contribution is 0.0487. The summed E-state index contributed by atoms with van der Waals surface area (Å²) in [6.45, 7) is 6.45. The second kappa shape index (κ2) is 5.71. The number of amides is 1. The van der Waals surface area contributed by atoms with Crippen molar-refractivity contribution in [3.63, 3.8) is 0 Å². The van der Waals surface area contributed by atoms with Gasteiger partial charge in [0.05, 0.1) is 6.10 Å². The van der Waals surface area contributed by atoms with Crippen LogP contribution in [-0.4, -0.2) is 29.9 Å². The van der Waals surface area contributed by atoms with Gasteiger partial charge in [0.2, 0.25) is 0 Å². The van der Waals surface area contributed by atoms with Crippen LogP contribution < -0.4 is 10.6 Å². The minimum Gasteiger partial charge on any atom is -0.444 e. The number of ether oxygens (including phenoxy) is 1. The molecule has 0 aromatic heterocycles. The first kappa shape index (κ1) is 14.7. The smallest absolute Gasteiger partial charge is 0.407 e. The lowest BCUT2D eigenvalue weighted by Crippen LogP contribution is -2.40. The van der Waals surface area contributed by atoms with Crippen LogP contribution in [0.15, 0.2) is 24.3 Å². The van der Waals surface area contributed by atoms with Crippen molar-refractivity contribution in [3.05, 3.63) is 29.8 Å². The lowest BCUT2D eigenvalue weighted by Gasteiger charge is -2.31. The Labute approximate surface area is 119 Å². The van der Waals surface area contributed by atoms with Gasteiger partial charge in [-0.3, -0.25) is 0 Å². The molecule has 0 radical (unpaired) electrons. The third kappa shape index (κ3) is 3.63. The summed E-state index contributed by atoms with van der Waals surface area (Å²) >= 11 is 0. The van der Waals surface area contributed by atoms with E-state index in [4.69, 9.17) is 4.74 Å². The molecule has 1 aromatic carbocycles. The molecular formula is C15H22N2O3. The van der Waals surface area contributed by atoms with Crippen molar-refractivity contribution in [1.82, 2.24) is 5.32 Å². The molecule has 1 amide bonds. The normalized spacial score (nSPS) is 21.6. The Hall–Kier alpha value is -1.75. The van der Waals surface area contributed by atoms with Gasteiger partial charge in [0.1, 0.15) is 5.60 Å². The summed E-state index contributed by atoms with van der Waals surface area (Å²) in [5.41, 5.74) is 1.31. The Morgan fingerprint density at radius 2 is 2.15 bits per heavy atom. The zero-order chi connectivity index (χ0) is 14.8. The quantitative estimate of drug-likeness (QED) is 0.776. The highest BCUT2D eigenvalue weighted by atomic mass is 16.6. The summed E-state index contributed by atoms with van der Waals surface area (Å²) in [6, 6.07) is 7.66. The van der Waals surface area contributed by atoms with E-state index in [1.54, 1.807) is 0 Å². The minimum absolute atomic E-state index is 0.0718. The van der Waals surface area contributed by atoms with Crippen molar-refractivity contribution in [1.29, 1.82) is 0 Å². The molecule has 5 heteroatoms. The van der Waals surface area contributed by atoms with Crippen LogP contribution in [-0.2, 0) is 4.74 Å². The summed E-state index contributed by atoms with van der Waals surface area (Å²) in [5.74, 6) is -0.0718. The van der Waals surface area contributed by atoms with Crippen molar-refractivity contribution in [2.75, 3.05) is 18.4 Å². The maximum Gasteiger partial charge on any atom is 0.407 e. The van der Waals surface area contributed by atoms with Gasteiger partial charge in [0.15, 0.2) is 0 Å². The first-order chi connectivity index (χ1) is 9.37. The number of para-hydroxylation sites is 1. The van der Waals surface area contributed by atoms with E-state index in [9.17, 15) is 9.90 Å². The predicted molar refractivity (Wildman–Crippen MR) is 77.6 cm³/mol. The molecule has 110 valence electrons. The zero-order valence-electron chi connectivity index (χ0n) is 12.1. The number of carbonyl (C=O) groups excluding carboxylic acids is 1. The second-order valence-electron chi connectivity index (χ2n) is 6.06. The molecule has 1 aromatic rings.